The average molecular weight is 292 g/mol. The zero-order valence-electron chi connectivity index (χ0n) is 12.2. The van der Waals surface area contributed by atoms with E-state index in [4.69, 9.17) is 14.2 Å². The lowest BCUT2D eigenvalue weighted by molar-refractivity contribution is -0.112. The number of ether oxygens (including phenoxy) is 3. The summed E-state index contributed by atoms with van der Waals surface area (Å²) in [7, 11) is -1.52. The van der Waals surface area contributed by atoms with Crippen molar-refractivity contribution in [3.63, 3.8) is 0 Å². The van der Waals surface area contributed by atoms with E-state index in [1.54, 1.807) is 12.1 Å². The van der Waals surface area contributed by atoms with E-state index in [2.05, 4.69) is 0 Å². The molecule has 0 radical (unpaired) electrons. The third-order valence-corrected chi connectivity index (χ3v) is 4.25. The van der Waals surface area contributed by atoms with Gasteiger partial charge in [0.05, 0.1) is 18.8 Å². The lowest BCUT2D eigenvalue weighted by Gasteiger charge is -2.37. The monoisotopic (exact) mass is 292 g/mol. The Balaban J connectivity index is 1.74. The highest BCUT2D eigenvalue weighted by atomic mass is 16.6. The van der Waals surface area contributed by atoms with Gasteiger partial charge in [-0.1, -0.05) is 17.7 Å². The normalized spacial score (nSPS) is 28.8. The van der Waals surface area contributed by atoms with Crippen LogP contribution in [0.4, 0.5) is 0 Å². The smallest absolute Gasteiger partial charge is 0.491 e. The quantitative estimate of drug-likeness (QED) is 0.789. The Labute approximate surface area is 125 Å². The Bertz CT molecular complexity index is 499. The molecule has 0 amide bonds. The third kappa shape index (κ3) is 3.24. The molecule has 3 rings (SSSR count). The molecule has 2 aliphatic rings. The number of rotatable bonds is 3. The standard InChI is InChI=1S/C15H21BO5/c1-11-2-3-14(13(8-11)16(17)18)21-12-4-6-20-15(9-12)5-7-19-10-15/h2-3,8,12,17-18H,4-7,9-10H2,1H3. The first kappa shape index (κ1) is 14.8. The Morgan fingerprint density at radius 3 is 2.90 bits per heavy atom. The van der Waals surface area contributed by atoms with Crippen molar-refractivity contribution < 1.29 is 24.3 Å². The van der Waals surface area contributed by atoms with Gasteiger partial charge in [-0.25, -0.2) is 0 Å². The van der Waals surface area contributed by atoms with E-state index in [0.29, 0.717) is 24.4 Å². The van der Waals surface area contributed by atoms with Gasteiger partial charge in [0, 0.05) is 31.3 Å². The second-order valence-electron chi connectivity index (χ2n) is 5.98. The van der Waals surface area contributed by atoms with Gasteiger partial charge >= 0.3 is 7.12 Å². The van der Waals surface area contributed by atoms with Crippen molar-refractivity contribution in [2.45, 2.75) is 37.9 Å². The van der Waals surface area contributed by atoms with Gasteiger partial charge in [0.1, 0.15) is 11.9 Å². The summed E-state index contributed by atoms with van der Waals surface area (Å²) in [6.07, 6.45) is 2.50. The zero-order chi connectivity index (χ0) is 14.9. The number of aryl methyl sites for hydroxylation is 1. The van der Waals surface area contributed by atoms with E-state index < -0.39 is 7.12 Å². The largest absolute Gasteiger partial charge is 0.492 e. The fourth-order valence-corrected chi connectivity index (χ4v) is 3.10. The molecule has 5 nitrogen and oxygen atoms in total. The molecule has 0 bridgehead atoms. The van der Waals surface area contributed by atoms with Crippen LogP contribution in [-0.4, -0.2) is 48.7 Å². The zero-order valence-corrected chi connectivity index (χ0v) is 12.2. The van der Waals surface area contributed by atoms with Crippen LogP contribution in [0.25, 0.3) is 0 Å². The Hall–Kier alpha value is -1.08. The molecule has 2 saturated heterocycles. The molecule has 0 aliphatic carbocycles. The summed E-state index contributed by atoms with van der Waals surface area (Å²) < 4.78 is 17.4. The average Bonchev–Trinajstić information content (AvgIpc) is 2.88. The number of benzene rings is 1. The summed E-state index contributed by atoms with van der Waals surface area (Å²) in [4.78, 5) is 0. The molecule has 2 N–H and O–H groups in total. The topological polar surface area (TPSA) is 68.2 Å². The Morgan fingerprint density at radius 1 is 1.33 bits per heavy atom. The second-order valence-corrected chi connectivity index (χ2v) is 5.98. The van der Waals surface area contributed by atoms with Gasteiger partial charge in [-0.05, 0) is 13.0 Å². The molecule has 2 unspecified atom stereocenters. The van der Waals surface area contributed by atoms with Gasteiger partial charge in [0.25, 0.3) is 0 Å². The molecular weight excluding hydrogens is 271 g/mol. The predicted octanol–water partition coefficient (Wildman–Crippen LogP) is 0.392. The molecule has 0 aromatic heterocycles. The van der Waals surface area contributed by atoms with E-state index in [1.807, 2.05) is 13.0 Å². The lowest BCUT2D eigenvalue weighted by Crippen LogP contribution is -2.45. The molecule has 21 heavy (non-hydrogen) atoms. The minimum absolute atomic E-state index is 0.0145. The van der Waals surface area contributed by atoms with Gasteiger partial charge in [0.2, 0.25) is 0 Å². The van der Waals surface area contributed by atoms with Crippen LogP contribution >= 0.6 is 0 Å². The molecule has 2 aliphatic heterocycles. The van der Waals surface area contributed by atoms with Crippen LogP contribution in [0.15, 0.2) is 18.2 Å². The molecule has 2 atom stereocenters. The van der Waals surface area contributed by atoms with Crippen molar-refractivity contribution in [1.82, 2.24) is 0 Å². The maximum absolute atomic E-state index is 9.49. The molecule has 0 saturated carbocycles. The van der Waals surface area contributed by atoms with Gasteiger partial charge < -0.3 is 24.3 Å². The molecule has 6 heteroatoms. The summed E-state index contributed by atoms with van der Waals surface area (Å²) in [6, 6.07) is 5.46. The molecule has 2 heterocycles. The van der Waals surface area contributed by atoms with E-state index >= 15 is 0 Å². The van der Waals surface area contributed by atoms with Crippen LogP contribution in [0, 0.1) is 6.92 Å². The highest BCUT2D eigenvalue weighted by molar-refractivity contribution is 6.59. The highest BCUT2D eigenvalue weighted by Gasteiger charge is 2.42. The van der Waals surface area contributed by atoms with Crippen LogP contribution in [0.5, 0.6) is 5.75 Å². The van der Waals surface area contributed by atoms with Crippen molar-refractivity contribution in [3.8, 4) is 5.75 Å². The van der Waals surface area contributed by atoms with Crippen LogP contribution in [-0.2, 0) is 9.47 Å². The molecule has 1 aromatic rings. The SMILES string of the molecule is Cc1ccc(OC2CCOC3(CCOC3)C2)c(B(O)O)c1. The third-order valence-electron chi connectivity index (χ3n) is 4.25. The summed E-state index contributed by atoms with van der Waals surface area (Å²) in [5.74, 6) is 0.538. The van der Waals surface area contributed by atoms with Crippen LogP contribution < -0.4 is 10.2 Å². The Morgan fingerprint density at radius 2 is 2.19 bits per heavy atom. The molecular formula is C15H21BO5. The van der Waals surface area contributed by atoms with Gasteiger partial charge in [0.15, 0.2) is 0 Å². The number of hydrogen-bond acceptors (Lipinski definition) is 5. The first-order chi connectivity index (χ1) is 10.1. The van der Waals surface area contributed by atoms with Crippen molar-refractivity contribution in [1.29, 1.82) is 0 Å². The van der Waals surface area contributed by atoms with Crippen molar-refractivity contribution in [3.05, 3.63) is 23.8 Å². The van der Waals surface area contributed by atoms with Crippen molar-refractivity contribution in [2.75, 3.05) is 19.8 Å². The van der Waals surface area contributed by atoms with Crippen molar-refractivity contribution in [2.24, 2.45) is 0 Å². The summed E-state index contributed by atoms with van der Waals surface area (Å²) in [5.41, 5.74) is 1.17. The highest BCUT2D eigenvalue weighted by Crippen LogP contribution is 2.34. The molecule has 1 spiro atoms. The first-order valence-corrected chi connectivity index (χ1v) is 7.43. The summed E-state index contributed by atoms with van der Waals surface area (Å²) in [6.45, 7) is 3.92. The van der Waals surface area contributed by atoms with Crippen LogP contribution in [0.3, 0.4) is 0 Å². The molecule has 2 fully saturated rings. The molecule has 1 aromatic carbocycles. The minimum atomic E-state index is -1.52. The van der Waals surface area contributed by atoms with Crippen LogP contribution in [0.2, 0.25) is 0 Å². The maximum atomic E-state index is 9.49. The fourth-order valence-electron chi connectivity index (χ4n) is 3.10. The summed E-state index contributed by atoms with van der Waals surface area (Å²) >= 11 is 0. The van der Waals surface area contributed by atoms with Gasteiger partial charge in [-0.15, -0.1) is 0 Å². The van der Waals surface area contributed by atoms with Gasteiger partial charge in [-0.2, -0.15) is 0 Å². The predicted molar refractivity (Wildman–Crippen MR) is 78.8 cm³/mol. The van der Waals surface area contributed by atoms with E-state index in [0.717, 1.165) is 31.4 Å². The van der Waals surface area contributed by atoms with Gasteiger partial charge in [-0.3, -0.25) is 0 Å². The lowest BCUT2D eigenvalue weighted by atomic mass is 9.78. The van der Waals surface area contributed by atoms with Crippen LogP contribution in [0.1, 0.15) is 24.8 Å². The van der Waals surface area contributed by atoms with Crippen molar-refractivity contribution >= 4 is 12.6 Å². The fraction of sp³-hybridized carbons (Fsp3) is 0.600. The first-order valence-electron chi connectivity index (χ1n) is 7.43. The second kappa shape index (κ2) is 5.97. The number of hydrogen-bond donors (Lipinski definition) is 2. The van der Waals surface area contributed by atoms with E-state index in [1.165, 1.54) is 0 Å². The molecule has 114 valence electrons. The van der Waals surface area contributed by atoms with E-state index in [-0.39, 0.29) is 11.7 Å². The summed E-state index contributed by atoms with van der Waals surface area (Å²) in [5, 5.41) is 19.0. The maximum Gasteiger partial charge on any atom is 0.492 e. The van der Waals surface area contributed by atoms with E-state index in [9.17, 15) is 10.0 Å². The Kier molecular flexibility index (Phi) is 4.22. The minimum Gasteiger partial charge on any atom is -0.491 e.